The van der Waals surface area contributed by atoms with Gasteiger partial charge >= 0.3 is 5.69 Å². The highest BCUT2D eigenvalue weighted by Crippen LogP contribution is 2.16. The Morgan fingerprint density at radius 3 is 2.94 bits per heavy atom. The number of aromatic amines is 1. The molecular weight excluding hydrogens is 245 g/mol. The van der Waals surface area contributed by atoms with Gasteiger partial charge in [0, 0.05) is 11.6 Å². The van der Waals surface area contributed by atoms with Crippen LogP contribution in [0.3, 0.4) is 0 Å². The van der Waals surface area contributed by atoms with Crippen molar-refractivity contribution in [2.75, 3.05) is 5.32 Å². The Kier molecular flexibility index (Phi) is 3.39. The fourth-order valence-corrected chi connectivity index (χ4v) is 1.54. The molecule has 1 aromatic heterocycles. The van der Waals surface area contributed by atoms with Crippen LogP contribution >= 0.6 is 11.6 Å². The van der Waals surface area contributed by atoms with Gasteiger partial charge in [0.1, 0.15) is 5.82 Å². The van der Waals surface area contributed by atoms with Gasteiger partial charge < -0.3 is 5.32 Å². The van der Waals surface area contributed by atoms with E-state index in [0.29, 0.717) is 11.6 Å². The second kappa shape index (κ2) is 4.97. The zero-order valence-electron chi connectivity index (χ0n) is 8.71. The standard InChI is InChI=1S/C11H9ClFN3O/c12-8-4-2-1-3-7(8)5-14-10-9(13)6-15-11(17)16-10/h1-4,6H,5H2,(H2,14,15,16,17). The molecule has 2 rings (SSSR count). The average molecular weight is 254 g/mol. The quantitative estimate of drug-likeness (QED) is 0.881. The summed E-state index contributed by atoms with van der Waals surface area (Å²) in [5.74, 6) is -0.610. The number of halogens is 2. The lowest BCUT2D eigenvalue weighted by Crippen LogP contribution is -2.15. The van der Waals surface area contributed by atoms with E-state index in [1.165, 1.54) is 0 Å². The number of H-pyrrole nitrogens is 1. The minimum absolute atomic E-state index is 0.00456. The number of aromatic nitrogens is 2. The molecule has 17 heavy (non-hydrogen) atoms. The minimum Gasteiger partial charge on any atom is -0.365 e. The maximum Gasteiger partial charge on any atom is 0.346 e. The fourth-order valence-electron chi connectivity index (χ4n) is 1.33. The van der Waals surface area contributed by atoms with Crippen LogP contribution in [-0.2, 0) is 6.54 Å². The number of nitrogens with one attached hydrogen (secondary N) is 2. The van der Waals surface area contributed by atoms with E-state index in [0.717, 1.165) is 11.8 Å². The van der Waals surface area contributed by atoms with Gasteiger partial charge in [-0.05, 0) is 11.6 Å². The maximum atomic E-state index is 13.2. The van der Waals surface area contributed by atoms with E-state index in [1.54, 1.807) is 12.1 Å². The van der Waals surface area contributed by atoms with Gasteiger partial charge in [0.25, 0.3) is 0 Å². The van der Waals surface area contributed by atoms with Gasteiger partial charge in [0.05, 0.1) is 6.20 Å². The van der Waals surface area contributed by atoms with Gasteiger partial charge in [-0.15, -0.1) is 0 Å². The molecule has 0 saturated carbocycles. The number of rotatable bonds is 3. The van der Waals surface area contributed by atoms with Gasteiger partial charge in [0.2, 0.25) is 0 Å². The van der Waals surface area contributed by atoms with Crippen molar-refractivity contribution in [3.63, 3.8) is 0 Å². The molecule has 6 heteroatoms. The predicted octanol–water partition coefficient (Wildman–Crippen LogP) is 2.17. The van der Waals surface area contributed by atoms with Crippen molar-refractivity contribution in [3.05, 3.63) is 57.3 Å². The van der Waals surface area contributed by atoms with Crippen LogP contribution in [-0.4, -0.2) is 9.97 Å². The molecule has 0 spiro atoms. The van der Waals surface area contributed by atoms with E-state index in [2.05, 4.69) is 15.3 Å². The minimum atomic E-state index is -0.614. The Hall–Kier alpha value is -1.88. The molecule has 4 nitrogen and oxygen atoms in total. The average Bonchev–Trinajstić information content (AvgIpc) is 2.32. The fraction of sp³-hybridized carbons (Fsp3) is 0.0909. The molecule has 0 aliphatic rings. The third-order valence-electron chi connectivity index (χ3n) is 2.18. The molecule has 2 aromatic rings. The summed E-state index contributed by atoms with van der Waals surface area (Å²) in [6.45, 7) is 0.316. The molecule has 0 aliphatic heterocycles. The smallest absolute Gasteiger partial charge is 0.346 e. The largest absolute Gasteiger partial charge is 0.365 e. The van der Waals surface area contributed by atoms with Crippen molar-refractivity contribution in [1.29, 1.82) is 0 Å². The Morgan fingerprint density at radius 1 is 1.41 bits per heavy atom. The van der Waals surface area contributed by atoms with E-state index in [4.69, 9.17) is 11.6 Å². The van der Waals surface area contributed by atoms with Crippen molar-refractivity contribution in [2.45, 2.75) is 6.54 Å². The number of benzene rings is 1. The first-order chi connectivity index (χ1) is 8.16. The zero-order valence-corrected chi connectivity index (χ0v) is 9.46. The molecule has 0 radical (unpaired) electrons. The van der Waals surface area contributed by atoms with E-state index in [-0.39, 0.29) is 5.82 Å². The van der Waals surface area contributed by atoms with Crippen molar-refractivity contribution >= 4 is 17.4 Å². The van der Waals surface area contributed by atoms with Gasteiger partial charge in [-0.2, -0.15) is 4.98 Å². The van der Waals surface area contributed by atoms with Crippen molar-refractivity contribution in [1.82, 2.24) is 9.97 Å². The summed E-state index contributed by atoms with van der Waals surface area (Å²) in [5, 5.41) is 3.34. The summed E-state index contributed by atoms with van der Waals surface area (Å²) in [4.78, 5) is 16.5. The van der Waals surface area contributed by atoms with Crippen LogP contribution in [0.25, 0.3) is 0 Å². The van der Waals surface area contributed by atoms with Crippen LogP contribution in [0.1, 0.15) is 5.56 Å². The second-order valence-electron chi connectivity index (χ2n) is 3.36. The zero-order chi connectivity index (χ0) is 12.3. The Morgan fingerprint density at radius 2 is 2.18 bits per heavy atom. The predicted molar refractivity (Wildman–Crippen MR) is 63.6 cm³/mol. The van der Waals surface area contributed by atoms with Gasteiger partial charge in [-0.1, -0.05) is 29.8 Å². The first kappa shape index (κ1) is 11.6. The lowest BCUT2D eigenvalue weighted by Gasteiger charge is -2.07. The summed E-state index contributed by atoms with van der Waals surface area (Å²) in [7, 11) is 0. The monoisotopic (exact) mass is 253 g/mol. The van der Waals surface area contributed by atoms with Crippen LogP contribution in [0.15, 0.2) is 35.3 Å². The highest BCUT2D eigenvalue weighted by Gasteiger charge is 2.04. The molecule has 88 valence electrons. The number of anilines is 1. The molecular formula is C11H9ClFN3O. The maximum absolute atomic E-state index is 13.2. The number of hydrogen-bond donors (Lipinski definition) is 2. The van der Waals surface area contributed by atoms with Gasteiger partial charge in [-0.3, -0.25) is 4.98 Å². The molecule has 0 atom stereocenters. The molecule has 1 heterocycles. The molecule has 0 saturated heterocycles. The number of hydrogen-bond acceptors (Lipinski definition) is 3. The van der Waals surface area contributed by atoms with Crippen LogP contribution in [0.2, 0.25) is 5.02 Å². The van der Waals surface area contributed by atoms with Crippen LogP contribution in [0.5, 0.6) is 0 Å². The van der Waals surface area contributed by atoms with Crippen molar-refractivity contribution in [3.8, 4) is 0 Å². The third kappa shape index (κ3) is 2.82. The van der Waals surface area contributed by atoms with E-state index in [9.17, 15) is 9.18 Å². The molecule has 0 bridgehead atoms. The summed E-state index contributed by atoms with van der Waals surface area (Å²) < 4.78 is 13.2. The normalized spacial score (nSPS) is 10.2. The number of nitrogens with zero attached hydrogens (tertiary/aromatic N) is 1. The molecule has 0 unspecified atom stereocenters. The molecule has 0 aliphatic carbocycles. The second-order valence-corrected chi connectivity index (χ2v) is 3.76. The first-order valence-corrected chi connectivity index (χ1v) is 5.26. The van der Waals surface area contributed by atoms with E-state index in [1.807, 2.05) is 12.1 Å². The molecule has 0 amide bonds. The third-order valence-corrected chi connectivity index (χ3v) is 2.55. The summed E-state index contributed by atoms with van der Waals surface area (Å²) in [6, 6.07) is 7.19. The van der Waals surface area contributed by atoms with Gasteiger partial charge in [0.15, 0.2) is 5.82 Å². The summed E-state index contributed by atoms with van der Waals surface area (Å²) in [5.41, 5.74) is 0.208. The van der Waals surface area contributed by atoms with Crippen LogP contribution < -0.4 is 11.0 Å². The Bertz CT molecular complexity index is 585. The summed E-state index contributed by atoms with van der Waals surface area (Å²) >= 11 is 5.94. The molecule has 1 aromatic carbocycles. The van der Waals surface area contributed by atoms with Crippen LogP contribution in [0, 0.1) is 5.82 Å². The Balaban J connectivity index is 2.15. The first-order valence-electron chi connectivity index (χ1n) is 4.89. The highest BCUT2D eigenvalue weighted by atomic mass is 35.5. The van der Waals surface area contributed by atoms with Crippen molar-refractivity contribution < 1.29 is 4.39 Å². The van der Waals surface area contributed by atoms with E-state index < -0.39 is 11.5 Å². The lowest BCUT2D eigenvalue weighted by atomic mass is 10.2. The van der Waals surface area contributed by atoms with Crippen molar-refractivity contribution in [2.24, 2.45) is 0 Å². The SMILES string of the molecule is O=c1ncc(F)c(NCc2ccccc2Cl)[nH]1. The van der Waals surface area contributed by atoms with E-state index >= 15 is 0 Å². The van der Waals surface area contributed by atoms with Gasteiger partial charge in [-0.25, -0.2) is 9.18 Å². The molecule has 0 fully saturated rings. The van der Waals surface area contributed by atoms with Crippen LogP contribution in [0.4, 0.5) is 10.2 Å². The Labute approximate surface area is 101 Å². The lowest BCUT2D eigenvalue weighted by molar-refractivity contribution is 0.614. The highest BCUT2D eigenvalue weighted by molar-refractivity contribution is 6.31. The summed E-state index contributed by atoms with van der Waals surface area (Å²) in [6.07, 6.45) is 0.869. The topological polar surface area (TPSA) is 57.8 Å². The molecule has 2 N–H and O–H groups in total.